The first-order chi connectivity index (χ1) is 11.1. The maximum Gasteiger partial charge on any atom is 0.246 e. The minimum absolute atomic E-state index is 0.0376. The van der Waals surface area contributed by atoms with Gasteiger partial charge in [-0.3, -0.25) is 9.59 Å². The van der Waals surface area contributed by atoms with Crippen LogP contribution in [0.1, 0.15) is 17.9 Å². The van der Waals surface area contributed by atoms with E-state index in [0.717, 1.165) is 10.0 Å². The van der Waals surface area contributed by atoms with Gasteiger partial charge in [0.1, 0.15) is 11.4 Å². The summed E-state index contributed by atoms with van der Waals surface area (Å²) in [5.74, 6) is 0.612. The van der Waals surface area contributed by atoms with Gasteiger partial charge in [0, 0.05) is 30.2 Å². The number of nitrogens with zero attached hydrogens (tertiary/aromatic N) is 2. The zero-order valence-electron chi connectivity index (χ0n) is 12.9. The van der Waals surface area contributed by atoms with Crippen LogP contribution >= 0.6 is 27.7 Å². The molecule has 2 amide bonds. The van der Waals surface area contributed by atoms with E-state index in [-0.39, 0.29) is 23.2 Å². The van der Waals surface area contributed by atoms with Gasteiger partial charge in [-0.1, -0.05) is 28.1 Å². The van der Waals surface area contributed by atoms with Gasteiger partial charge in [-0.05, 0) is 17.7 Å². The van der Waals surface area contributed by atoms with Crippen molar-refractivity contribution >= 4 is 39.5 Å². The molecule has 2 aliphatic rings. The summed E-state index contributed by atoms with van der Waals surface area (Å²) in [4.78, 5) is 28.5. The first kappa shape index (κ1) is 16.8. The van der Waals surface area contributed by atoms with Crippen molar-refractivity contribution in [2.24, 2.45) is 0 Å². The Balaban J connectivity index is 1.80. The van der Waals surface area contributed by atoms with E-state index in [2.05, 4.69) is 15.9 Å². The van der Waals surface area contributed by atoms with Gasteiger partial charge >= 0.3 is 0 Å². The van der Waals surface area contributed by atoms with E-state index in [0.29, 0.717) is 32.1 Å². The Hall–Kier alpha value is -1.05. The average Bonchev–Trinajstić information content (AvgIpc) is 3.01. The highest BCUT2D eigenvalue weighted by Crippen LogP contribution is 2.42. The minimum Gasteiger partial charge on any atom is -0.378 e. The molecule has 1 aromatic carbocycles. The summed E-state index contributed by atoms with van der Waals surface area (Å²) in [6.07, 6.45) is 0. The number of hydrogen-bond donors (Lipinski definition) is 0. The third-order valence-corrected chi connectivity index (χ3v) is 5.98. The molecule has 0 bridgehead atoms. The van der Waals surface area contributed by atoms with Crippen molar-refractivity contribution in [3.63, 3.8) is 0 Å². The highest BCUT2D eigenvalue weighted by Gasteiger charge is 2.42. The second kappa shape index (κ2) is 7.23. The standard InChI is InChI=1S/C16H19BrN2O3S/c1-11(20)19-14(15(21)18-6-8-22-9-7-18)10-23-16(19)12-2-4-13(17)5-3-12/h2-5,14,16H,6-10H2,1H3/t14-,16+/m0/s1. The Morgan fingerprint density at radius 1 is 1.22 bits per heavy atom. The number of rotatable bonds is 2. The molecule has 124 valence electrons. The van der Waals surface area contributed by atoms with Crippen LogP contribution in [-0.2, 0) is 14.3 Å². The summed E-state index contributed by atoms with van der Waals surface area (Å²) < 4.78 is 6.30. The van der Waals surface area contributed by atoms with Crippen molar-refractivity contribution in [1.82, 2.24) is 9.80 Å². The normalized spacial score (nSPS) is 24.8. The lowest BCUT2D eigenvalue weighted by Crippen LogP contribution is -2.52. The van der Waals surface area contributed by atoms with Crippen LogP contribution in [0, 0.1) is 0 Å². The van der Waals surface area contributed by atoms with Crippen LogP contribution < -0.4 is 0 Å². The number of halogens is 1. The van der Waals surface area contributed by atoms with Crippen molar-refractivity contribution in [2.45, 2.75) is 18.3 Å². The Labute approximate surface area is 148 Å². The number of ether oxygens (including phenoxy) is 1. The maximum absolute atomic E-state index is 12.8. The van der Waals surface area contributed by atoms with Gasteiger partial charge in [0.25, 0.3) is 0 Å². The number of carbonyl (C=O) groups excluding carboxylic acids is 2. The van der Waals surface area contributed by atoms with Gasteiger partial charge < -0.3 is 14.5 Å². The number of benzene rings is 1. The Morgan fingerprint density at radius 3 is 2.48 bits per heavy atom. The molecule has 0 unspecified atom stereocenters. The summed E-state index contributed by atoms with van der Waals surface area (Å²) in [6, 6.07) is 7.54. The second-order valence-corrected chi connectivity index (χ2v) is 7.65. The Bertz CT molecular complexity index is 589. The number of carbonyl (C=O) groups is 2. The molecule has 0 saturated carbocycles. The molecule has 0 aromatic heterocycles. The van der Waals surface area contributed by atoms with Crippen LogP contribution in [0.3, 0.4) is 0 Å². The molecular weight excluding hydrogens is 380 g/mol. The molecule has 1 aromatic rings. The largest absolute Gasteiger partial charge is 0.378 e. The number of amides is 2. The molecule has 2 saturated heterocycles. The summed E-state index contributed by atoms with van der Waals surface area (Å²) in [7, 11) is 0. The lowest BCUT2D eigenvalue weighted by atomic mass is 10.1. The van der Waals surface area contributed by atoms with Crippen molar-refractivity contribution in [1.29, 1.82) is 0 Å². The molecule has 2 fully saturated rings. The van der Waals surface area contributed by atoms with E-state index in [1.54, 1.807) is 16.7 Å². The fourth-order valence-electron chi connectivity index (χ4n) is 2.96. The summed E-state index contributed by atoms with van der Waals surface area (Å²) >= 11 is 5.07. The van der Waals surface area contributed by atoms with Crippen molar-refractivity contribution < 1.29 is 14.3 Å². The van der Waals surface area contributed by atoms with Crippen LogP contribution in [0.15, 0.2) is 28.7 Å². The smallest absolute Gasteiger partial charge is 0.246 e. The molecule has 2 aliphatic heterocycles. The monoisotopic (exact) mass is 398 g/mol. The molecule has 2 heterocycles. The summed E-state index contributed by atoms with van der Waals surface area (Å²) in [5.41, 5.74) is 1.05. The topological polar surface area (TPSA) is 49.9 Å². The first-order valence-corrected chi connectivity index (χ1v) is 9.44. The maximum atomic E-state index is 12.8. The highest BCUT2D eigenvalue weighted by atomic mass is 79.9. The lowest BCUT2D eigenvalue weighted by Gasteiger charge is -2.33. The zero-order valence-corrected chi connectivity index (χ0v) is 15.3. The van der Waals surface area contributed by atoms with Crippen molar-refractivity contribution in [3.05, 3.63) is 34.3 Å². The molecular formula is C16H19BrN2O3S. The quantitative estimate of drug-likeness (QED) is 0.766. The number of hydrogen-bond acceptors (Lipinski definition) is 4. The van der Waals surface area contributed by atoms with Crippen LogP contribution in [0.25, 0.3) is 0 Å². The van der Waals surface area contributed by atoms with Gasteiger partial charge in [-0.2, -0.15) is 0 Å². The van der Waals surface area contributed by atoms with E-state index in [9.17, 15) is 9.59 Å². The molecule has 0 radical (unpaired) electrons. The van der Waals surface area contributed by atoms with Gasteiger partial charge in [0.2, 0.25) is 11.8 Å². The lowest BCUT2D eigenvalue weighted by molar-refractivity contribution is -0.146. The Kier molecular flexibility index (Phi) is 5.28. The van der Waals surface area contributed by atoms with Crippen LogP contribution in [0.4, 0.5) is 0 Å². The van der Waals surface area contributed by atoms with Crippen LogP contribution in [0.2, 0.25) is 0 Å². The van der Waals surface area contributed by atoms with E-state index in [4.69, 9.17) is 4.74 Å². The first-order valence-electron chi connectivity index (χ1n) is 7.60. The number of morpholine rings is 1. The molecule has 2 atom stereocenters. The molecule has 0 spiro atoms. The molecule has 5 nitrogen and oxygen atoms in total. The fraction of sp³-hybridized carbons (Fsp3) is 0.500. The molecule has 7 heteroatoms. The van der Waals surface area contributed by atoms with Crippen LogP contribution in [-0.4, -0.2) is 59.7 Å². The third-order valence-electron chi connectivity index (χ3n) is 4.13. The summed E-state index contributed by atoms with van der Waals surface area (Å²) in [5, 5.41) is -0.101. The predicted octanol–water partition coefficient (Wildman–Crippen LogP) is 2.27. The van der Waals surface area contributed by atoms with Crippen molar-refractivity contribution in [2.75, 3.05) is 32.1 Å². The van der Waals surface area contributed by atoms with Crippen LogP contribution in [0.5, 0.6) is 0 Å². The molecule has 23 heavy (non-hydrogen) atoms. The fourth-order valence-corrected chi connectivity index (χ4v) is 4.70. The SMILES string of the molecule is CC(=O)N1[C@@H](c2ccc(Br)cc2)SC[C@H]1C(=O)N1CCOCC1. The molecule has 3 rings (SSSR count). The van der Waals surface area contributed by atoms with E-state index < -0.39 is 0 Å². The Morgan fingerprint density at radius 2 is 1.87 bits per heavy atom. The zero-order chi connectivity index (χ0) is 16.4. The van der Waals surface area contributed by atoms with E-state index in [1.165, 1.54) is 6.92 Å². The average molecular weight is 399 g/mol. The number of thioether (sulfide) groups is 1. The van der Waals surface area contributed by atoms with E-state index in [1.807, 2.05) is 29.2 Å². The third kappa shape index (κ3) is 3.56. The highest BCUT2D eigenvalue weighted by molar-refractivity contribution is 9.10. The minimum atomic E-state index is -0.385. The predicted molar refractivity (Wildman–Crippen MR) is 93.0 cm³/mol. The van der Waals surface area contributed by atoms with E-state index >= 15 is 0 Å². The summed E-state index contributed by atoms with van der Waals surface area (Å²) in [6.45, 7) is 3.89. The second-order valence-electron chi connectivity index (χ2n) is 5.62. The van der Waals surface area contributed by atoms with Crippen molar-refractivity contribution in [3.8, 4) is 0 Å². The molecule has 0 aliphatic carbocycles. The van der Waals surface area contributed by atoms with Gasteiger partial charge in [-0.25, -0.2) is 0 Å². The van der Waals surface area contributed by atoms with Gasteiger partial charge in [0.05, 0.1) is 13.2 Å². The van der Waals surface area contributed by atoms with Gasteiger partial charge in [-0.15, -0.1) is 11.8 Å². The van der Waals surface area contributed by atoms with Gasteiger partial charge in [0.15, 0.2) is 0 Å². The molecule has 0 N–H and O–H groups in total.